The van der Waals surface area contributed by atoms with Crippen LogP contribution in [0.15, 0.2) is 69.5 Å². The minimum absolute atomic E-state index is 0.0579. The van der Waals surface area contributed by atoms with Crippen molar-refractivity contribution in [1.29, 1.82) is 0 Å². The Morgan fingerprint density at radius 3 is 2.59 bits per heavy atom. The van der Waals surface area contributed by atoms with Crippen molar-refractivity contribution in [2.75, 3.05) is 7.11 Å². The van der Waals surface area contributed by atoms with Crippen LogP contribution in [0.25, 0.3) is 0 Å². The summed E-state index contributed by atoms with van der Waals surface area (Å²) >= 11 is 3.25. The number of carbonyl (C=O) groups is 2. The van der Waals surface area contributed by atoms with Gasteiger partial charge in [0, 0.05) is 35.2 Å². The number of allylic oxidation sites excluding steroid dienone is 3. The summed E-state index contributed by atoms with van der Waals surface area (Å²) in [6, 6.07) is 12.3. The van der Waals surface area contributed by atoms with Crippen molar-refractivity contribution < 1.29 is 23.5 Å². The fraction of sp³-hybridized carbons (Fsp3) is 0.333. The number of rotatable bonds is 5. The molecule has 0 aromatic heterocycles. The maximum atomic E-state index is 14.0. The van der Waals surface area contributed by atoms with E-state index in [0.717, 1.165) is 17.0 Å². The first-order valence-corrected chi connectivity index (χ1v) is 12.0. The number of para-hydroxylation sites is 1. The number of ether oxygens (including phenoxy) is 2. The van der Waals surface area contributed by atoms with E-state index in [1.54, 1.807) is 33.1 Å². The van der Waals surface area contributed by atoms with Gasteiger partial charge < -0.3 is 14.8 Å². The normalized spacial score (nSPS) is 20.3. The molecule has 2 aromatic carbocycles. The van der Waals surface area contributed by atoms with E-state index < -0.39 is 17.7 Å². The third-order valence-corrected chi connectivity index (χ3v) is 6.85. The highest BCUT2D eigenvalue weighted by atomic mass is 79.9. The highest BCUT2D eigenvalue weighted by molar-refractivity contribution is 9.10. The number of hydrogen-bond acceptors (Lipinski definition) is 5. The number of ketones is 1. The first-order valence-electron chi connectivity index (χ1n) is 11.2. The van der Waals surface area contributed by atoms with Crippen molar-refractivity contribution >= 4 is 27.7 Å². The number of nitrogens with one attached hydrogen (secondary N) is 1. The van der Waals surface area contributed by atoms with Gasteiger partial charge in [-0.1, -0.05) is 24.3 Å². The van der Waals surface area contributed by atoms with E-state index in [4.69, 9.17) is 9.47 Å². The Morgan fingerprint density at radius 2 is 1.91 bits per heavy atom. The van der Waals surface area contributed by atoms with Crippen LogP contribution in [-0.4, -0.2) is 25.0 Å². The summed E-state index contributed by atoms with van der Waals surface area (Å²) in [5, 5.41) is 3.33. The zero-order valence-electron chi connectivity index (χ0n) is 19.6. The Bertz CT molecular complexity index is 1220. The Morgan fingerprint density at radius 1 is 1.18 bits per heavy atom. The molecule has 1 heterocycles. The summed E-state index contributed by atoms with van der Waals surface area (Å²) < 4.78 is 25.4. The van der Waals surface area contributed by atoms with Gasteiger partial charge in [0.2, 0.25) is 0 Å². The number of Topliss-reactive ketones (excluding diaryl/α,β-unsaturated/α-hetero) is 1. The van der Waals surface area contributed by atoms with Crippen molar-refractivity contribution in [2.24, 2.45) is 0 Å². The van der Waals surface area contributed by atoms with Crippen LogP contribution >= 0.6 is 15.9 Å². The van der Waals surface area contributed by atoms with Crippen LogP contribution in [0.5, 0.6) is 5.75 Å². The lowest BCUT2D eigenvalue weighted by Gasteiger charge is -2.37. The summed E-state index contributed by atoms with van der Waals surface area (Å²) in [5.41, 5.74) is 3.93. The third-order valence-electron chi connectivity index (χ3n) is 6.25. The van der Waals surface area contributed by atoms with Gasteiger partial charge in [0.05, 0.1) is 23.3 Å². The molecule has 0 unspecified atom stereocenters. The molecule has 178 valence electrons. The molecule has 0 bridgehead atoms. The quantitative estimate of drug-likeness (QED) is 0.489. The van der Waals surface area contributed by atoms with Gasteiger partial charge in [-0.2, -0.15) is 0 Å². The number of carbonyl (C=O) groups excluding carboxylic acids is 2. The van der Waals surface area contributed by atoms with E-state index in [-0.39, 0.29) is 28.7 Å². The predicted octanol–water partition coefficient (Wildman–Crippen LogP) is 5.91. The van der Waals surface area contributed by atoms with Crippen LogP contribution in [-0.2, 0) is 14.3 Å². The average Bonchev–Trinajstić information content (AvgIpc) is 2.79. The zero-order chi connectivity index (χ0) is 24.6. The van der Waals surface area contributed by atoms with Crippen LogP contribution < -0.4 is 10.1 Å². The lowest BCUT2D eigenvalue weighted by atomic mass is 9.71. The molecule has 0 radical (unpaired) electrons. The lowest BCUT2D eigenvalue weighted by Crippen LogP contribution is -2.36. The molecule has 0 fully saturated rings. The van der Waals surface area contributed by atoms with Crippen molar-refractivity contribution in [2.45, 2.75) is 51.6 Å². The van der Waals surface area contributed by atoms with E-state index in [1.807, 2.05) is 31.2 Å². The maximum absolute atomic E-state index is 14.0. The zero-order valence-corrected chi connectivity index (χ0v) is 21.2. The maximum Gasteiger partial charge on any atom is 0.337 e. The van der Waals surface area contributed by atoms with Crippen molar-refractivity contribution in [3.63, 3.8) is 0 Å². The molecule has 4 rings (SSSR count). The average molecular weight is 528 g/mol. The van der Waals surface area contributed by atoms with Crippen LogP contribution in [0.2, 0.25) is 0 Å². The summed E-state index contributed by atoms with van der Waals surface area (Å²) in [7, 11) is 1.62. The largest absolute Gasteiger partial charge is 0.496 e. The van der Waals surface area contributed by atoms with Crippen molar-refractivity contribution in [3.8, 4) is 5.75 Å². The minimum atomic E-state index is -0.648. The van der Waals surface area contributed by atoms with Crippen LogP contribution in [0.3, 0.4) is 0 Å². The molecule has 0 saturated heterocycles. The molecule has 0 saturated carbocycles. The predicted molar refractivity (Wildman–Crippen MR) is 131 cm³/mol. The third kappa shape index (κ3) is 4.53. The van der Waals surface area contributed by atoms with Crippen LogP contribution in [0.1, 0.15) is 56.6 Å². The molecular weight excluding hydrogens is 501 g/mol. The molecule has 1 N–H and O–H groups in total. The number of methoxy groups -OCH3 is 1. The summed E-state index contributed by atoms with van der Waals surface area (Å²) in [6.45, 7) is 5.37. The lowest BCUT2D eigenvalue weighted by molar-refractivity contribution is -0.143. The monoisotopic (exact) mass is 527 g/mol. The molecule has 1 aliphatic carbocycles. The summed E-state index contributed by atoms with van der Waals surface area (Å²) in [5.74, 6) is -0.926. The minimum Gasteiger partial charge on any atom is -0.496 e. The van der Waals surface area contributed by atoms with Gasteiger partial charge in [-0.05, 0) is 72.4 Å². The van der Waals surface area contributed by atoms with E-state index in [2.05, 4.69) is 21.2 Å². The second-order valence-corrected chi connectivity index (χ2v) is 9.74. The van der Waals surface area contributed by atoms with Gasteiger partial charge >= 0.3 is 5.97 Å². The fourth-order valence-electron chi connectivity index (χ4n) is 4.84. The van der Waals surface area contributed by atoms with Gasteiger partial charge in [0.25, 0.3) is 0 Å². The molecular formula is C27H27BrFNO4. The molecule has 2 atom stereocenters. The first kappa shape index (κ1) is 24.2. The SMILES string of the molecule is COc1ccccc1[C@H]1CC(=O)C2=C(C1)NC(C)=C(C(=O)OC(C)C)[C@@H]2c1ccc(F)c(Br)c1. The molecule has 1 aliphatic heterocycles. The standard InChI is InChI=1S/C27H27BrFNO4/c1-14(2)34-27(32)24-15(3)30-21-12-17(18-7-5-6-8-23(18)33-4)13-22(31)26(21)25(24)16-9-10-20(29)19(28)11-16/h5-11,14,17,25,30H,12-13H2,1-4H3/t17-,25+/m1/s1. The van der Waals surface area contributed by atoms with Crippen LogP contribution in [0.4, 0.5) is 4.39 Å². The Labute approximate surface area is 207 Å². The van der Waals surface area contributed by atoms with Crippen LogP contribution in [0, 0.1) is 5.82 Å². The van der Waals surface area contributed by atoms with E-state index >= 15 is 0 Å². The number of dihydropyridines is 1. The van der Waals surface area contributed by atoms with Gasteiger partial charge in [0.15, 0.2) is 5.78 Å². The van der Waals surface area contributed by atoms with Gasteiger partial charge in [-0.3, -0.25) is 4.79 Å². The molecule has 7 heteroatoms. The molecule has 34 heavy (non-hydrogen) atoms. The number of halogens is 2. The summed E-state index contributed by atoms with van der Waals surface area (Å²) in [6.07, 6.45) is 0.552. The Balaban J connectivity index is 1.82. The molecule has 2 aliphatic rings. The Kier molecular flexibility index (Phi) is 6.94. The van der Waals surface area contributed by atoms with Crippen molar-refractivity contribution in [3.05, 3.63) is 86.4 Å². The first-order chi connectivity index (χ1) is 16.2. The summed E-state index contributed by atoms with van der Waals surface area (Å²) in [4.78, 5) is 26.8. The smallest absolute Gasteiger partial charge is 0.337 e. The second-order valence-electron chi connectivity index (χ2n) is 8.89. The fourth-order valence-corrected chi connectivity index (χ4v) is 5.23. The molecule has 0 spiro atoms. The highest BCUT2D eigenvalue weighted by Gasteiger charge is 2.42. The van der Waals surface area contributed by atoms with Gasteiger partial charge in [-0.25, -0.2) is 9.18 Å². The molecule has 2 aromatic rings. The van der Waals surface area contributed by atoms with Gasteiger partial charge in [0.1, 0.15) is 11.6 Å². The van der Waals surface area contributed by atoms with E-state index in [9.17, 15) is 14.0 Å². The Hall–Kier alpha value is -2.93. The number of esters is 1. The van der Waals surface area contributed by atoms with E-state index in [1.165, 1.54) is 6.07 Å². The van der Waals surface area contributed by atoms with E-state index in [0.29, 0.717) is 28.8 Å². The topological polar surface area (TPSA) is 64.6 Å². The number of hydrogen-bond donors (Lipinski definition) is 1. The van der Waals surface area contributed by atoms with Crippen molar-refractivity contribution in [1.82, 2.24) is 5.32 Å². The van der Waals surface area contributed by atoms with Gasteiger partial charge in [-0.15, -0.1) is 0 Å². The molecule has 0 amide bonds. The molecule has 5 nitrogen and oxygen atoms in total. The highest BCUT2D eigenvalue weighted by Crippen LogP contribution is 2.47. The second kappa shape index (κ2) is 9.74. The number of benzene rings is 2.